The summed E-state index contributed by atoms with van der Waals surface area (Å²) in [4.78, 5) is 20.4. The van der Waals surface area contributed by atoms with Gasteiger partial charge in [0, 0.05) is 44.4 Å². The largest absolute Gasteiger partial charge is 0.295 e. The van der Waals surface area contributed by atoms with E-state index in [0.29, 0.717) is 54.2 Å². The Hall–Kier alpha value is -2.92. The van der Waals surface area contributed by atoms with Crippen LogP contribution in [0.1, 0.15) is 36.6 Å². The molecule has 1 saturated heterocycles. The van der Waals surface area contributed by atoms with Crippen LogP contribution in [0.2, 0.25) is 0 Å². The van der Waals surface area contributed by atoms with E-state index in [1.165, 1.54) is 26.2 Å². The summed E-state index contributed by atoms with van der Waals surface area (Å²) in [7, 11) is -3.53. The van der Waals surface area contributed by atoms with Crippen LogP contribution in [0.15, 0.2) is 64.3 Å². The number of aryl methyl sites for hydroxylation is 1. The van der Waals surface area contributed by atoms with E-state index in [-0.39, 0.29) is 5.56 Å². The van der Waals surface area contributed by atoms with Crippen LogP contribution in [-0.4, -0.2) is 58.4 Å². The zero-order valence-electron chi connectivity index (χ0n) is 20.6. The monoisotopic (exact) mass is 523 g/mol. The second-order valence-electron chi connectivity index (χ2n) is 9.46. The van der Waals surface area contributed by atoms with Crippen LogP contribution in [0.25, 0.3) is 15.5 Å². The van der Waals surface area contributed by atoms with Gasteiger partial charge in [0.25, 0.3) is 5.56 Å². The van der Waals surface area contributed by atoms with Crippen LogP contribution in [-0.2, 0) is 16.6 Å². The molecule has 1 fully saturated rings. The van der Waals surface area contributed by atoms with Crippen LogP contribution in [0.4, 0.5) is 0 Å². The predicted octanol–water partition coefficient (Wildman–Crippen LogP) is 3.76. The molecule has 0 bridgehead atoms. The van der Waals surface area contributed by atoms with Crippen molar-refractivity contribution in [2.45, 2.75) is 38.1 Å². The zero-order chi connectivity index (χ0) is 25.4. The van der Waals surface area contributed by atoms with E-state index < -0.39 is 10.0 Å². The standard InChI is InChI=1S/C26H29N5O3S2/c1-18(2)20-7-9-23(10-8-20)36(33,34)30-13-11-29(12-14-30)17-22-16-24(32)31-26(27-22)35-25(28-31)21-6-4-5-19(3)15-21/h4-10,15-16,18H,11-14,17H2,1-3H3. The zero-order valence-corrected chi connectivity index (χ0v) is 22.2. The predicted molar refractivity (Wildman–Crippen MR) is 142 cm³/mol. The van der Waals surface area contributed by atoms with Crippen molar-refractivity contribution in [3.8, 4) is 10.6 Å². The molecule has 10 heteroatoms. The van der Waals surface area contributed by atoms with Crippen LogP contribution in [0.3, 0.4) is 0 Å². The summed E-state index contributed by atoms with van der Waals surface area (Å²) in [6, 6.07) is 16.7. The molecular weight excluding hydrogens is 494 g/mol. The smallest absolute Gasteiger partial charge is 0.275 e. The maximum absolute atomic E-state index is 13.1. The molecule has 4 aromatic rings. The Kier molecular flexibility index (Phi) is 6.78. The van der Waals surface area contributed by atoms with Crippen LogP contribution < -0.4 is 5.56 Å². The molecule has 0 radical (unpaired) electrons. The van der Waals surface area contributed by atoms with Crippen molar-refractivity contribution in [1.29, 1.82) is 0 Å². The molecule has 3 heterocycles. The Labute approximate surface area is 214 Å². The molecule has 0 N–H and O–H groups in total. The summed E-state index contributed by atoms with van der Waals surface area (Å²) >= 11 is 1.39. The first kappa shape index (κ1) is 24.8. The molecule has 188 valence electrons. The molecule has 0 saturated carbocycles. The first-order valence-electron chi connectivity index (χ1n) is 12.0. The Bertz CT molecular complexity index is 1550. The van der Waals surface area contributed by atoms with Gasteiger partial charge in [0.05, 0.1) is 10.6 Å². The number of sulfonamides is 1. The molecule has 1 aliphatic heterocycles. The molecule has 0 unspecified atom stereocenters. The van der Waals surface area contributed by atoms with Gasteiger partial charge in [0.2, 0.25) is 15.0 Å². The average molecular weight is 524 g/mol. The van der Waals surface area contributed by atoms with E-state index in [0.717, 1.165) is 21.7 Å². The number of nitrogens with zero attached hydrogens (tertiary/aromatic N) is 5. The van der Waals surface area contributed by atoms with Gasteiger partial charge < -0.3 is 0 Å². The fourth-order valence-corrected chi connectivity index (χ4v) is 6.71. The van der Waals surface area contributed by atoms with Gasteiger partial charge >= 0.3 is 0 Å². The van der Waals surface area contributed by atoms with Crippen molar-refractivity contribution in [2.75, 3.05) is 26.2 Å². The van der Waals surface area contributed by atoms with Gasteiger partial charge in [-0.2, -0.15) is 13.9 Å². The van der Waals surface area contributed by atoms with Gasteiger partial charge in [0.1, 0.15) is 5.01 Å². The van der Waals surface area contributed by atoms with Crippen molar-refractivity contribution in [3.63, 3.8) is 0 Å². The summed E-state index contributed by atoms with van der Waals surface area (Å²) < 4.78 is 29.1. The molecular formula is C26H29N5O3S2. The van der Waals surface area contributed by atoms with E-state index >= 15 is 0 Å². The lowest BCUT2D eigenvalue weighted by Gasteiger charge is -2.33. The van der Waals surface area contributed by atoms with Crippen molar-refractivity contribution in [1.82, 2.24) is 23.8 Å². The normalized spacial score (nSPS) is 15.7. The number of benzene rings is 2. The minimum atomic E-state index is -3.53. The van der Waals surface area contributed by atoms with Gasteiger partial charge in [-0.1, -0.05) is 61.1 Å². The van der Waals surface area contributed by atoms with Gasteiger partial charge in [-0.15, -0.1) is 0 Å². The summed E-state index contributed by atoms with van der Waals surface area (Å²) in [6.45, 7) is 8.61. The highest BCUT2D eigenvalue weighted by Gasteiger charge is 2.28. The van der Waals surface area contributed by atoms with Crippen LogP contribution in [0.5, 0.6) is 0 Å². The molecule has 0 spiro atoms. The lowest BCUT2D eigenvalue weighted by atomic mass is 10.0. The minimum absolute atomic E-state index is 0.212. The van der Waals surface area contributed by atoms with Crippen molar-refractivity contribution < 1.29 is 8.42 Å². The minimum Gasteiger partial charge on any atom is -0.295 e. The summed E-state index contributed by atoms with van der Waals surface area (Å²) in [6.07, 6.45) is 0. The quantitative estimate of drug-likeness (QED) is 0.383. The first-order valence-corrected chi connectivity index (χ1v) is 14.3. The van der Waals surface area contributed by atoms with Crippen LogP contribution in [0, 0.1) is 6.92 Å². The number of hydrogen-bond donors (Lipinski definition) is 0. The van der Waals surface area contributed by atoms with Gasteiger partial charge in [-0.25, -0.2) is 13.4 Å². The molecule has 8 nitrogen and oxygen atoms in total. The molecule has 2 aromatic carbocycles. The van der Waals surface area contributed by atoms with E-state index in [9.17, 15) is 13.2 Å². The second-order valence-corrected chi connectivity index (χ2v) is 12.4. The highest BCUT2D eigenvalue weighted by atomic mass is 32.2. The topological polar surface area (TPSA) is 87.9 Å². The number of hydrogen-bond acceptors (Lipinski definition) is 7. The van der Waals surface area contributed by atoms with Gasteiger partial charge in [-0.05, 0) is 36.6 Å². The third-order valence-electron chi connectivity index (χ3n) is 6.46. The molecule has 5 rings (SSSR count). The van der Waals surface area contributed by atoms with E-state index in [1.54, 1.807) is 12.1 Å². The Morgan fingerprint density at radius 1 is 1.00 bits per heavy atom. The molecule has 36 heavy (non-hydrogen) atoms. The maximum Gasteiger partial charge on any atom is 0.275 e. The third-order valence-corrected chi connectivity index (χ3v) is 9.33. The van der Waals surface area contributed by atoms with Crippen molar-refractivity contribution in [3.05, 3.63) is 81.8 Å². The fraction of sp³-hybridized carbons (Fsp3) is 0.346. The Morgan fingerprint density at radius 2 is 1.72 bits per heavy atom. The summed E-state index contributed by atoms with van der Waals surface area (Å²) in [5.74, 6) is 0.352. The fourth-order valence-electron chi connectivity index (χ4n) is 4.36. The van der Waals surface area contributed by atoms with Crippen molar-refractivity contribution in [2.24, 2.45) is 0 Å². The molecule has 1 aliphatic rings. The molecule has 0 amide bonds. The number of aromatic nitrogens is 3. The van der Waals surface area contributed by atoms with Crippen molar-refractivity contribution >= 4 is 26.3 Å². The number of rotatable bonds is 6. The average Bonchev–Trinajstić information content (AvgIpc) is 3.29. The lowest BCUT2D eigenvalue weighted by Crippen LogP contribution is -2.48. The second kappa shape index (κ2) is 9.85. The van der Waals surface area contributed by atoms with E-state index in [1.807, 2.05) is 43.3 Å². The SMILES string of the molecule is Cc1cccc(-c2nn3c(=O)cc(CN4CCN(S(=O)(=O)c5ccc(C(C)C)cc5)CC4)nc3s2)c1. The summed E-state index contributed by atoms with van der Waals surface area (Å²) in [5, 5.41) is 5.22. The summed E-state index contributed by atoms with van der Waals surface area (Å²) in [5.41, 5.74) is 3.66. The molecule has 0 atom stereocenters. The maximum atomic E-state index is 13.1. The Balaban J connectivity index is 1.27. The highest BCUT2D eigenvalue weighted by molar-refractivity contribution is 7.89. The van der Waals surface area contributed by atoms with E-state index in [4.69, 9.17) is 0 Å². The molecule has 2 aromatic heterocycles. The van der Waals surface area contributed by atoms with Crippen LogP contribution >= 0.6 is 11.3 Å². The number of piperazine rings is 1. The first-order chi connectivity index (χ1) is 17.2. The van der Waals surface area contributed by atoms with E-state index in [2.05, 4.69) is 28.8 Å². The Morgan fingerprint density at radius 3 is 2.39 bits per heavy atom. The lowest BCUT2D eigenvalue weighted by molar-refractivity contribution is 0.180. The van der Waals surface area contributed by atoms with Gasteiger partial charge in [0.15, 0.2) is 0 Å². The molecule has 0 aliphatic carbocycles. The third kappa shape index (κ3) is 4.99. The highest BCUT2D eigenvalue weighted by Crippen LogP contribution is 2.25. The van der Waals surface area contributed by atoms with Gasteiger partial charge in [-0.3, -0.25) is 9.69 Å². The number of fused-ring (bicyclic) bond motifs is 1.